The zero-order valence-electron chi connectivity index (χ0n) is 15.5. The number of nitrogens with one attached hydrogen (secondary N) is 1. The van der Waals surface area contributed by atoms with Crippen LogP contribution in [0.25, 0.3) is 10.8 Å². The third-order valence-corrected chi connectivity index (χ3v) is 5.76. The van der Waals surface area contributed by atoms with E-state index in [2.05, 4.69) is 5.32 Å². The van der Waals surface area contributed by atoms with E-state index in [0.29, 0.717) is 12.3 Å². The van der Waals surface area contributed by atoms with E-state index in [9.17, 15) is 9.59 Å². The molecular formula is C22H20N2O3S. The average Bonchev–Trinajstić information content (AvgIpc) is 2.73. The number of hydrogen-bond donors (Lipinski definition) is 1. The Balaban J connectivity index is 1.42. The Morgan fingerprint density at radius 2 is 1.89 bits per heavy atom. The maximum Gasteiger partial charge on any atom is 0.240 e. The van der Waals surface area contributed by atoms with E-state index in [1.54, 1.807) is 12.0 Å². The summed E-state index contributed by atoms with van der Waals surface area (Å²) in [5, 5.41) is 5.09. The Labute approximate surface area is 167 Å². The molecule has 1 heterocycles. The molecule has 0 spiro atoms. The van der Waals surface area contributed by atoms with Crippen molar-refractivity contribution in [2.24, 2.45) is 0 Å². The molecule has 6 heteroatoms. The number of anilines is 1. The van der Waals surface area contributed by atoms with Crippen LogP contribution in [0.15, 0.2) is 65.6 Å². The van der Waals surface area contributed by atoms with Crippen molar-refractivity contribution in [3.05, 3.63) is 66.2 Å². The first-order valence-electron chi connectivity index (χ1n) is 8.99. The van der Waals surface area contributed by atoms with Crippen molar-refractivity contribution in [3.63, 3.8) is 0 Å². The summed E-state index contributed by atoms with van der Waals surface area (Å²) < 4.78 is 5.25. The van der Waals surface area contributed by atoms with Crippen molar-refractivity contribution in [2.45, 2.75) is 11.4 Å². The van der Waals surface area contributed by atoms with Gasteiger partial charge in [-0.1, -0.05) is 30.3 Å². The largest absolute Gasteiger partial charge is 0.497 e. The van der Waals surface area contributed by atoms with Crippen molar-refractivity contribution in [2.75, 3.05) is 24.3 Å². The van der Waals surface area contributed by atoms with Crippen molar-refractivity contribution in [1.29, 1.82) is 0 Å². The van der Waals surface area contributed by atoms with Gasteiger partial charge < -0.3 is 15.0 Å². The number of rotatable bonds is 5. The zero-order chi connectivity index (χ0) is 19.5. The van der Waals surface area contributed by atoms with E-state index in [4.69, 9.17) is 4.74 Å². The van der Waals surface area contributed by atoms with Gasteiger partial charge >= 0.3 is 0 Å². The predicted molar refractivity (Wildman–Crippen MR) is 112 cm³/mol. The van der Waals surface area contributed by atoms with E-state index in [0.717, 1.165) is 32.7 Å². The monoisotopic (exact) mass is 392 g/mol. The minimum atomic E-state index is -0.176. The van der Waals surface area contributed by atoms with Crippen molar-refractivity contribution < 1.29 is 14.3 Å². The maximum atomic E-state index is 12.5. The van der Waals surface area contributed by atoms with Crippen LogP contribution < -0.4 is 15.0 Å². The van der Waals surface area contributed by atoms with Crippen LogP contribution in [0, 0.1) is 0 Å². The molecule has 5 nitrogen and oxygen atoms in total. The Kier molecular flexibility index (Phi) is 5.21. The average molecular weight is 392 g/mol. The number of fused-ring (bicyclic) bond motifs is 2. The first-order chi connectivity index (χ1) is 13.6. The number of amides is 2. The van der Waals surface area contributed by atoms with E-state index < -0.39 is 0 Å². The topological polar surface area (TPSA) is 58.6 Å². The molecule has 0 fully saturated rings. The molecule has 1 N–H and O–H groups in total. The highest BCUT2D eigenvalue weighted by Gasteiger charge is 2.26. The molecule has 0 aromatic heterocycles. The molecule has 1 aliphatic rings. The summed E-state index contributed by atoms with van der Waals surface area (Å²) in [6.07, 6.45) is 0. The van der Waals surface area contributed by atoms with Gasteiger partial charge in [0.05, 0.1) is 18.6 Å². The Hall–Kier alpha value is -2.99. The van der Waals surface area contributed by atoms with Gasteiger partial charge in [0.15, 0.2) is 0 Å². The summed E-state index contributed by atoms with van der Waals surface area (Å²) in [5.74, 6) is 0.958. The van der Waals surface area contributed by atoms with Crippen LogP contribution >= 0.6 is 11.8 Å². The standard InChI is InChI=1S/C22H20N2O3S/c1-27-18-9-8-16-10-15(6-7-17(16)11-18)12-23-21(25)13-24-19-4-2-3-5-20(19)28-14-22(24)26/h2-11H,12-14H2,1H3,(H,23,25). The lowest BCUT2D eigenvalue weighted by molar-refractivity contribution is -0.123. The number of nitrogens with zero attached hydrogens (tertiary/aromatic N) is 1. The number of thioether (sulfide) groups is 1. The van der Waals surface area contributed by atoms with Crippen LogP contribution in [0.1, 0.15) is 5.56 Å². The van der Waals surface area contributed by atoms with Gasteiger partial charge in [-0.15, -0.1) is 11.8 Å². The van der Waals surface area contributed by atoms with Gasteiger partial charge in [-0.25, -0.2) is 0 Å². The molecule has 3 aromatic rings. The summed E-state index contributed by atoms with van der Waals surface area (Å²) in [5.41, 5.74) is 1.81. The van der Waals surface area contributed by atoms with Crippen LogP contribution in [-0.2, 0) is 16.1 Å². The molecule has 0 saturated carbocycles. The fourth-order valence-electron chi connectivity index (χ4n) is 3.24. The second kappa shape index (κ2) is 7.94. The summed E-state index contributed by atoms with van der Waals surface area (Å²) in [7, 11) is 1.65. The number of hydrogen-bond acceptors (Lipinski definition) is 4. The number of methoxy groups -OCH3 is 1. The van der Waals surface area contributed by atoms with Gasteiger partial charge in [-0.3, -0.25) is 9.59 Å². The second-order valence-corrected chi connectivity index (χ2v) is 7.58. The van der Waals surface area contributed by atoms with Gasteiger partial charge in [0.25, 0.3) is 0 Å². The molecule has 2 amide bonds. The fraction of sp³-hybridized carbons (Fsp3) is 0.182. The predicted octanol–water partition coefficient (Wildman–Crippen LogP) is 3.60. The molecule has 0 aliphatic carbocycles. The number of benzene rings is 3. The molecule has 142 valence electrons. The normalized spacial score (nSPS) is 13.3. The minimum Gasteiger partial charge on any atom is -0.497 e. The van der Waals surface area contributed by atoms with Crippen LogP contribution in [-0.4, -0.2) is 31.2 Å². The molecule has 0 atom stereocenters. The summed E-state index contributed by atoms with van der Waals surface area (Å²) in [4.78, 5) is 27.3. The van der Waals surface area contributed by atoms with E-state index in [-0.39, 0.29) is 18.4 Å². The number of ether oxygens (including phenoxy) is 1. The van der Waals surface area contributed by atoms with Gasteiger partial charge in [-0.2, -0.15) is 0 Å². The van der Waals surface area contributed by atoms with Crippen molar-refractivity contribution in [1.82, 2.24) is 5.32 Å². The van der Waals surface area contributed by atoms with Crippen molar-refractivity contribution >= 4 is 40.0 Å². The zero-order valence-corrected chi connectivity index (χ0v) is 16.3. The van der Waals surface area contributed by atoms with Crippen LogP contribution in [0.2, 0.25) is 0 Å². The number of carbonyl (C=O) groups excluding carboxylic acids is 2. The molecule has 0 saturated heterocycles. The molecule has 0 bridgehead atoms. The highest BCUT2D eigenvalue weighted by molar-refractivity contribution is 8.00. The first-order valence-corrected chi connectivity index (χ1v) is 9.98. The summed E-state index contributed by atoms with van der Waals surface area (Å²) in [6.45, 7) is 0.445. The highest BCUT2D eigenvalue weighted by atomic mass is 32.2. The molecule has 1 aliphatic heterocycles. The lowest BCUT2D eigenvalue weighted by Crippen LogP contribution is -2.43. The maximum absolute atomic E-state index is 12.5. The third-order valence-electron chi connectivity index (χ3n) is 4.71. The van der Waals surface area contributed by atoms with E-state index >= 15 is 0 Å². The lowest BCUT2D eigenvalue weighted by atomic mass is 10.1. The third kappa shape index (κ3) is 3.82. The quantitative estimate of drug-likeness (QED) is 0.721. The molecule has 4 rings (SSSR count). The Morgan fingerprint density at radius 1 is 1.11 bits per heavy atom. The van der Waals surface area contributed by atoms with Gasteiger partial charge in [0.1, 0.15) is 12.3 Å². The molecule has 0 unspecified atom stereocenters. The summed E-state index contributed by atoms with van der Waals surface area (Å²) >= 11 is 1.51. The van der Waals surface area contributed by atoms with Gasteiger partial charge in [0, 0.05) is 11.4 Å². The van der Waals surface area contributed by atoms with Crippen LogP contribution in [0.3, 0.4) is 0 Å². The summed E-state index contributed by atoms with van der Waals surface area (Å²) in [6, 6.07) is 19.6. The Bertz CT molecular complexity index is 1050. The molecule has 0 radical (unpaired) electrons. The highest BCUT2D eigenvalue weighted by Crippen LogP contribution is 2.34. The van der Waals surface area contributed by atoms with E-state index in [1.807, 2.05) is 60.7 Å². The van der Waals surface area contributed by atoms with Gasteiger partial charge in [-0.05, 0) is 46.7 Å². The molecule has 28 heavy (non-hydrogen) atoms. The lowest BCUT2D eigenvalue weighted by Gasteiger charge is -2.28. The number of carbonyl (C=O) groups is 2. The molecular weight excluding hydrogens is 372 g/mol. The Morgan fingerprint density at radius 3 is 2.75 bits per heavy atom. The second-order valence-electron chi connectivity index (χ2n) is 6.56. The SMILES string of the molecule is COc1ccc2cc(CNC(=O)CN3C(=O)CSc4ccccc43)ccc2c1. The molecule has 3 aromatic carbocycles. The van der Waals surface area contributed by atoms with Crippen LogP contribution in [0.4, 0.5) is 5.69 Å². The minimum absolute atomic E-state index is 0.0290. The van der Waals surface area contributed by atoms with Crippen molar-refractivity contribution in [3.8, 4) is 5.75 Å². The first kappa shape index (κ1) is 18.4. The van der Waals surface area contributed by atoms with Crippen LogP contribution in [0.5, 0.6) is 5.75 Å². The smallest absolute Gasteiger partial charge is 0.240 e. The number of para-hydroxylation sites is 1. The van der Waals surface area contributed by atoms with Gasteiger partial charge in [0.2, 0.25) is 11.8 Å². The fourth-order valence-corrected chi connectivity index (χ4v) is 4.17. The van der Waals surface area contributed by atoms with E-state index in [1.165, 1.54) is 11.8 Å².